The van der Waals surface area contributed by atoms with Crippen LogP contribution in [0.15, 0.2) is 24.3 Å². The summed E-state index contributed by atoms with van der Waals surface area (Å²) in [5, 5.41) is 20.9. The van der Waals surface area contributed by atoms with Crippen LogP contribution in [0.5, 0.6) is 0 Å². The Balaban J connectivity index is 1.84. The molecule has 0 aromatic heterocycles. The van der Waals surface area contributed by atoms with Gasteiger partial charge in [0.25, 0.3) is 0 Å². The van der Waals surface area contributed by atoms with E-state index < -0.39 is 17.5 Å². The van der Waals surface area contributed by atoms with Crippen molar-refractivity contribution in [3.8, 4) is 0 Å². The summed E-state index contributed by atoms with van der Waals surface area (Å²) in [5.74, 6) is -0.480. The highest BCUT2D eigenvalue weighted by Gasteiger charge is 2.46. The van der Waals surface area contributed by atoms with E-state index in [1.165, 1.54) is 0 Å². The quantitative estimate of drug-likeness (QED) is 0.871. The molecule has 0 bridgehead atoms. The van der Waals surface area contributed by atoms with Gasteiger partial charge in [-0.15, -0.1) is 0 Å². The van der Waals surface area contributed by atoms with E-state index in [1.807, 2.05) is 24.3 Å². The van der Waals surface area contributed by atoms with Crippen molar-refractivity contribution in [3.63, 3.8) is 0 Å². The smallest absolute Gasteiger partial charge is 0.168 e. The van der Waals surface area contributed by atoms with Gasteiger partial charge in [-0.25, -0.2) is 0 Å². The molecule has 2 N–H and O–H groups in total. The van der Waals surface area contributed by atoms with Gasteiger partial charge in [-0.2, -0.15) is 0 Å². The van der Waals surface area contributed by atoms with Gasteiger partial charge >= 0.3 is 0 Å². The van der Waals surface area contributed by atoms with Gasteiger partial charge in [-0.3, -0.25) is 0 Å². The Bertz CT molecular complexity index is 467. The summed E-state index contributed by atoms with van der Waals surface area (Å²) in [7, 11) is 0. The third kappa shape index (κ3) is 2.37. The third-order valence-electron chi connectivity index (χ3n) is 4.56. The second kappa shape index (κ2) is 5.11. The zero-order valence-electron chi connectivity index (χ0n) is 11.8. The molecular weight excluding hydrogens is 256 g/mol. The molecule has 4 heteroatoms. The molecule has 1 aromatic carbocycles. The Morgan fingerprint density at radius 2 is 1.65 bits per heavy atom. The van der Waals surface area contributed by atoms with Crippen LogP contribution in [-0.4, -0.2) is 29.2 Å². The zero-order chi connectivity index (χ0) is 14.2. The van der Waals surface area contributed by atoms with Crippen molar-refractivity contribution in [1.82, 2.24) is 0 Å². The first-order valence-corrected chi connectivity index (χ1v) is 7.32. The molecule has 1 spiro atoms. The van der Waals surface area contributed by atoms with Crippen molar-refractivity contribution < 1.29 is 19.7 Å². The van der Waals surface area contributed by atoms with Crippen molar-refractivity contribution in [2.45, 2.75) is 50.1 Å². The van der Waals surface area contributed by atoms with E-state index in [-0.39, 0.29) is 0 Å². The molecule has 2 aliphatic rings. The second-order valence-electron chi connectivity index (χ2n) is 5.90. The Labute approximate surface area is 119 Å². The molecule has 1 unspecified atom stereocenters. The summed E-state index contributed by atoms with van der Waals surface area (Å²) >= 11 is 0. The van der Waals surface area contributed by atoms with Crippen LogP contribution in [0.25, 0.3) is 0 Å². The monoisotopic (exact) mass is 278 g/mol. The summed E-state index contributed by atoms with van der Waals surface area (Å²) < 4.78 is 11.4. The molecule has 1 saturated heterocycles. The number of ether oxygens (including phenoxy) is 2. The number of hydrogen-bond acceptors (Lipinski definition) is 4. The van der Waals surface area contributed by atoms with E-state index in [0.29, 0.717) is 38.9 Å². The van der Waals surface area contributed by atoms with Crippen molar-refractivity contribution in [2.24, 2.45) is 0 Å². The fraction of sp³-hybridized carbons (Fsp3) is 0.625. The topological polar surface area (TPSA) is 58.9 Å². The van der Waals surface area contributed by atoms with Gasteiger partial charge < -0.3 is 19.7 Å². The van der Waals surface area contributed by atoms with Crippen LogP contribution in [0.1, 0.15) is 49.8 Å². The highest BCUT2D eigenvalue weighted by molar-refractivity contribution is 5.34. The highest BCUT2D eigenvalue weighted by atomic mass is 16.7. The lowest BCUT2D eigenvalue weighted by atomic mass is 9.75. The Kier molecular flexibility index (Phi) is 3.58. The second-order valence-corrected chi connectivity index (χ2v) is 5.90. The van der Waals surface area contributed by atoms with Crippen molar-refractivity contribution in [2.75, 3.05) is 13.2 Å². The average Bonchev–Trinajstić information content (AvgIpc) is 2.91. The first-order chi connectivity index (χ1) is 9.55. The molecule has 1 atom stereocenters. The minimum atomic E-state index is -0.895. The van der Waals surface area contributed by atoms with Gasteiger partial charge in [-0.1, -0.05) is 24.3 Å². The molecule has 4 nitrogen and oxygen atoms in total. The summed E-state index contributed by atoms with van der Waals surface area (Å²) in [6.07, 6.45) is 1.99. The lowest BCUT2D eigenvalue weighted by Crippen LogP contribution is -2.42. The zero-order valence-corrected chi connectivity index (χ0v) is 11.8. The van der Waals surface area contributed by atoms with E-state index in [1.54, 1.807) is 6.92 Å². The van der Waals surface area contributed by atoms with Gasteiger partial charge in [0.15, 0.2) is 5.79 Å². The Morgan fingerprint density at radius 1 is 1.05 bits per heavy atom. The molecule has 20 heavy (non-hydrogen) atoms. The van der Waals surface area contributed by atoms with Gasteiger partial charge in [-0.05, 0) is 30.9 Å². The van der Waals surface area contributed by atoms with E-state index in [2.05, 4.69) is 0 Å². The Morgan fingerprint density at radius 3 is 2.25 bits per heavy atom. The van der Waals surface area contributed by atoms with Crippen LogP contribution < -0.4 is 0 Å². The number of benzene rings is 1. The maximum absolute atomic E-state index is 11.0. The summed E-state index contributed by atoms with van der Waals surface area (Å²) in [5.41, 5.74) is 0.746. The van der Waals surface area contributed by atoms with Crippen LogP contribution in [0.4, 0.5) is 0 Å². The number of rotatable bonds is 2. The molecular formula is C16H22O4. The normalized spacial score (nSPS) is 25.8. The molecule has 1 heterocycles. The molecule has 1 saturated carbocycles. The van der Waals surface area contributed by atoms with Crippen LogP contribution in [0.3, 0.4) is 0 Å². The minimum absolute atomic E-state index is 0.480. The van der Waals surface area contributed by atoms with E-state index in [0.717, 1.165) is 11.1 Å². The van der Waals surface area contributed by atoms with Crippen molar-refractivity contribution in [1.29, 1.82) is 0 Å². The minimum Gasteiger partial charge on any atom is -0.389 e. The third-order valence-corrected chi connectivity index (χ3v) is 4.56. The number of aliphatic hydroxyl groups is 2. The lowest BCUT2D eigenvalue weighted by Gasteiger charge is -2.41. The fourth-order valence-electron chi connectivity index (χ4n) is 3.38. The van der Waals surface area contributed by atoms with Crippen LogP contribution in [0.2, 0.25) is 0 Å². The molecule has 110 valence electrons. The molecule has 1 aliphatic heterocycles. The van der Waals surface area contributed by atoms with Gasteiger partial charge in [0.1, 0.15) is 0 Å². The van der Waals surface area contributed by atoms with Crippen molar-refractivity contribution in [3.05, 3.63) is 35.4 Å². The van der Waals surface area contributed by atoms with Crippen LogP contribution >= 0.6 is 0 Å². The standard InChI is InChI=1S/C16H22O4/c1-12(17)13-4-2-3-5-14(13)15(18)6-8-16(9-7-15)19-10-11-20-16/h2-5,12,17-18H,6-11H2,1H3. The van der Waals surface area contributed by atoms with E-state index in [4.69, 9.17) is 9.47 Å². The molecule has 2 fully saturated rings. The van der Waals surface area contributed by atoms with E-state index >= 15 is 0 Å². The van der Waals surface area contributed by atoms with Gasteiger partial charge in [0.05, 0.1) is 24.9 Å². The maximum Gasteiger partial charge on any atom is 0.168 e. The maximum atomic E-state index is 11.0. The molecule has 3 rings (SSSR count). The van der Waals surface area contributed by atoms with Crippen LogP contribution in [0, 0.1) is 0 Å². The number of hydrogen-bond donors (Lipinski definition) is 2. The van der Waals surface area contributed by atoms with Crippen LogP contribution in [-0.2, 0) is 15.1 Å². The number of aliphatic hydroxyl groups excluding tert-OH is 1. The summed E-state index contributed by atoms with van der Waals surface area (Å²) in [6.45, 7) is 3.01. The van der Waals surface area contributed by atoms with Crippen molar-refractivity contribution >= 4 is 0 Å². The molecule has 1 aliphatic carbocycles. The van der Waals surface area contributed by atoms with E-state index in [9.17, 15) is 10.2 Å². The Hall–Kier alpha value is -0.940. The largest absolute Gasteiger partial charge is 0.389 e. The summed E-state index contributed by atoms with van der Waals surface area (Å²) in [6, 6.07) is 7.59. The lowest BCUT2D eigenvalue weighted by molar-refractivity contribution is -0.204. The fourth-order valence-corrected chi connectivity index (χ4v) is 3.38. The molecule has 1 aromatic rings. The van der Waals surface area contributed by atoms with Gasteiger partial charge in [0.2, 0.25) is 0 Å². The predicted octanol–water partition coefficient (Wildman–Crippen LogP) is 2.24. The molecule has 0 amide bonds. The SMILES string of the molecule is CC(O)c1ccccc1C1(O)CCC2(CC1)OCCO2. The first-order valence-electron chi connectivity index (χ1n) is 7.32. The predicted molar refractivity (Wildman–Crippen MR) is 74.1 cm³/mol. The average molecular weight is 278 g/mol. The highest BCUT2D eigenvalue weighted by Crippen LogP contribution is 2.46. The first kappa shape index (κ1) is 14.0. The van der Waals surface area contributed by atoms with Gasteiger partial charge in [0, 0.05) is 12.8 Å². The molecule has 0 radical (unpaired) electrons. The summed E-state index contributed by atoms with van der Waals surface area (Å²) in [4.78, 5) is 0.